The Morgan fingerprint density at radius 1 is 0.625 bits per heavy atom. The summed E-state index contributed by atoms with van der Waals surface area (Å²) >= 11 is 0. The van der Waals surface area contributed by atoms with Crippen LogP contribution in [0.5, 0.6) is 0 Å². The zero-order valence-corrected chi connectivity index (χ0v) is 19.8. The molecule has 0 fully saturated rings. The standard InChI is InChI=1S/C27H40N2O3/c1-3-5-7-9-19-28(25-15-11-23(21-30)12-16-25)27(32)29(20-10-8-6-4-2)26-17-13-24(22-31)14-18-26/h11-18,30-31H,3-10,19-22H2,1-2H3. The molecule has 176 valence electrons. The largest absolute Gasteiger partial charge is 0.392 e. The number of anilines is 2. The monoisotopic (exact) mass is 440 g/mol. The quantitative estimate of drug-likeness (QED) is 0.341. The topological polar surface area (TPSA) is 64.0 Å². The van der Waals surface area contributed by atoms with Crippen molar-refractivity contribution >= 4 is 17.4 Å². The molecule has 5 nitrogen and oxygen atoms in total. The van der Waals surface area contributed by atoms with Crippen LogP contribution in [0.1, 0.15) is 76.3 Å². The van der Waals surface area contributed by atoms with Gasteiger partial charge in [-0.15, -0.1) is 0 Å². The van der Waals surface area contributed by atoms with Gasteiger partial charge in [0.25, 0.3) is 0 Å². The number of carbonyl (C=O) groups excluding carboxylic acids is 1. The Labute approximate surface area is 193 Å². The lowest BCUT2D eigenvalue weighted by Gasteiger charge is -2.31. The van der Waals surface area contributed by atoms with Crippen molar-refractivity contribution in [2.75, 3.05) is 22.9 Å². The number of hydrogen-bond acceptors (Lipinski definition) is 3. The number of urea groups is 1. The molecule has 0 saturated heterocycles. The fraction of sp³-hybridized carbons (Fsp3) is 0.519. The Balaban J connectivity index is 2.29. The number of nitrogens with zero attached hydrogens (tertiary/aromatic N) is 2. The van der Waals surface area contributed by atoms with Crippen LogP contribution in [-0.2, 0) is 13.2 Å². The molecule has 0 aliphatic rings. The maximum absolute atomic E-state index is 13.8. The van der Waals surface area contributed by atoms with E-state index < -0.39 is 0 Å². The van der Waals surface area contributed by atoms with Gasteiger partial charge in [0, 0.05) is 24.5 Å². The highest BCUT2D eigenvalue weighted by Crippen LogP contribution is 2.24. The Bertz CT molecular complexity index is 709. The van der Waals surface area contributed by atoms with Gasteiger partial charge in [0.05, 0.1) is 13.2 Å². The van der Waals surface area contributed by atoms with Crippen LogP contribution in [0.2, 0.25) is 0 Å². The van der Waals surface area contributed by atoms with Crippen LogP contribution in [0.15, 0.2) is 48.5 Å². The Morgan fingerprint density at radius 3 is 1.31 bits per heavy atom. The van der Waals surface area contributed by atoms with Gasteiger partial charge < -0.3 is 10.2 Å². The van der Waals surface area contributed by atoms with E-state index in [2.05, 4.69) is 13.8 Å². The van der Waals surface area contributed by atoms with Crippen molar-refractivity contribution in [1.82, 2.24) is 0 Å². The summed E-state index contributed by atoms with van der Waals surface area (Å²) in [7, 11) is 0. The number of rotatable bonds is 14. The highest BCUT2D eigenvalue weighted by molar-refractivity contribution is 6.03. The maximum Gasteiger partial charge on any atom is 0.328 e. The molecule has 0 heterocycles. The first kappa shape index (κ1) is 25.9. The third-order valence-electron chi connectivity index (χ3n) is 5.79. The highest BCUT2D eigenvalue weighted by atomic mass is 16.3. The molecule has 0 unspecified atom stereocenters. The number of aliphatic hydroxyl groups excluding tert-OH is 2. The van der Waals surface area contributed by atoms with Gasteiger partial charge in [-0.05, 0) is 48.2 Å². The molecular weight excluding hydrogens is 400 g/mol. The highest BCUT2D eigenvalue weighted by Gasteiger charge is 2.23. The molecule has 0 radical (unpaired) electrons. The fourth-order valence-electron chi connectivity index (χ4n) is 3.77. The van der Waals surface area contributed by atoms with Crippen LogP contribution in [0.4, 0.5) is 16.2 Å². The molecule has 0 spiro atoms. The lowest BCUT2D eigenvalue weighted by atomic mass is 10.1. The predicted molar refractivity (Wildman–Crippen MR) is 133 cm³/mol. The molecule has 0 bridgehead atoms. The third-order valence-corrected chi connectivity index (χ3v) is 5.79. The first-order valence-electron chi connectivity index (χ1n) is 12.1. The molecule has 2 rings (SSSR count). The van der Waals surface area contributed by atoms with Gasteiger partial charge in [0.2, 0.25) is 0 Å². The Hall–Kier alpha value is -2.37. The molecule has 2 aromatic carbocycles. The number of hydrogen-bond donors (Lipinski definition) is 2. The molecule has 2 amide bonds. The van der Waals surface area contributed by atoms with Gasteiger partial charge in [-0.2, -0.15) is 0 Å². The van der Waals surface area contributed by atoms with Crippen LogP contribution < -0.4 is 9.80 Å². The Morgan fingerprint density at radius 2 is 1.00 bits per heavy atom. The predicted octanol–water partition coefficient (Wildman–Crippen LogP) is 6.26. The lowest BCUT2D eigenvalue weighted by Crippen LogP contribution is -2.44. The second kappa shape index (κ2) is 14.6. The molecule has 5 heteroatoms. The average molecular weight is 441 g/mol. The molecule has 0 aliphatic heterocycles. The second-order valence-corrected chi connectivity index (χ2v) is 8.36. The summed E-state index contributed by atoms with van der Waals surface area (Å²) in [5.41, 5.74) is 3.38. The van der Waals surface area contributed by atoms with Crippen LogP contribution in [0, 0.1) is 0 Å². The van der Waals surface area contributed by atoms with Crippen molar-refractivity contribution in [3.63, 3.8) is 0 Å². The van der Waals surface area contributed by atoms with Crippen LogP contribution in [0.25, 0.3) is 0 Å². The molecule has 2 N–H and O–H groups in total. The fourth-order valence-corrected chi connectivity index (χ4v) is 3.77. The van der Waals surface area contributed by atoms with E-state index in [-0.39, 0.29) is 19.2 Å². The van der Waals surface area contributed by atoms with Crippen LogP contribution >= 0.6 is 0 Å². The van der Waals surface area contributed by atoms with E-state index >= 15 is 0 Å². The van der Waals surface area contributed by atoms with Crippen molar-refractivity contribution in [3.8, 4) is 0 Å². The first-order chi connectivity index (χ1) is 15.6. The number of aliphatic hydroxyl groups is 2. The molecular formula is C27H40N2O3. The van der Waals surface area contributed by atoms with Crippen LogP contribution in [0.3, 0.4) is 0 Å². The molecule has 0 aromatic heterocycles. The Kier molecular flexibility index (Phi) is 11.8. The lowest BCUT2D eigenvalue weighted by molar-refractivity contribution is 0.251. The number of unbranched alkanes of at least 4 members (excludes halogenated alkanes) is 6. The van der Waals surface area contributed by atoms with E-state index in [0.717, 1.165) is 73.9 Å². The summed E-state index contributed by atoms with van der Waals surface area (Å²) in [6, 6.07) is 15.2. The zero-order valence-electron chi connectivity index (χ0n) is 19.8. The van der Waals surface area contributed by atoms with Crippen molar-refractivity contribution in [3.05, 3.63) is 59.7 Å². The summed E-state index contributed by atoms with van der Waals surface area (Å²) in [6.45, 7) is 5.68. The van der Waals surface area contributed by atoms with E-state index in [0.29, 0.717) is 13.1 Å². The third kappa shape index (κ3) is 7.95. The average Bonchev–Trinajstić information content (AvgIpc) is 2.84. The molecule has 0 atom stereocenters. The minimum Gasteiger partial charge on any atom is -0.392 e. The molecule has 0 saturated carbocycles. The minimum absolute atomic E-state index is 0.00845. The smallest absolute Gasteiger partial charge is 0.328 e. The maximum atomic E-state index is 13.8. The summed E-state index contributed by atoms with van der Waals surface area (Å²) in [5.74, 6) is 0. The number of benzene rings is 2. The summed E-state index contributed by atoms with van der Waals surface area (Å²) < 4.78 is 0. The van der Waals surface area contributed by atoms with Gasteiger partial charge in [-0.25, -0.2) is 4.79 Å². The van der Waals surface area contributed by atoms with E-state index in [1.54, 1.807) is 0 Å². The molecule has 32 heavy (non-hydrogen) atoms. The zero-order chi connectivity index (χ0) is 23.2. The first-order valence-corrected chi connectivity index (χ1v) is 12.1. The normalized spacial score (nSPS) is 10.9. The summed E-state index contributed by atoms with van der Waals surface area (Å²) in [5, 5.41) is 18.8. The van der Waals surface area contributed by atoms with E-state index in [1.165, 1.54) is 0 Å². The van der Waals surface area contributed by atoms with Crippen molar-refractivity contribution < 1.29 is 15.0 Å². The summed E-state index contributed by atoms with van der Waals surface area (Å²) in [6.07, 6.45) is 8.72. The van der Waals surface area contributed by atoms with Crippen molar-refractivity contribution in [1.29, 1.82) is 0 Å². The van der Waals surface area contributed by atoms with E-state index in [9.17, 15) is 15.0 Å². The van der Waals surface area contributed by atoms with Gasteiger partial charge in [0.1, 0.15) is 0 Å². The number of amides is 2. The second-order valence-electron chi connectivity index (χ2n) is 8.36. The molecule has 2 aromatic rings. The van der Waals surface area contributed by atoms with Gasteiger partial charge >= 0.3 is 6.03 Å². The van der Waals surface area contributed by atoms with E-state index in [4.69, 9.17) is 0 Å². The van der Waals surface area contributed by atoms with Crippen LogP contribution in [-0.4, -0.2) is 29.3 Å². The van der Waals surface area contributed by atoms with Gasteiger partial charge in [-0.1, -0.05) is 76.6 Å². The SMILES string of the molecule is CCCCCCN(C(=O)N(CCCCCC)c1ccc(CO)cc1)c1ccc(CO)cc1. The number of carbonyl (C=O) groups is 1. The van der Waals surface area contributed by atoms with Crippen molar-refractivity contribution in [2.45, 2.75) is 78.4 Å². The van der Waals surface area contributed by atoms with Gasteiger partial charge in [0.15, 0.2) is 0 Å². The molecule has 0 aliphatic carbocycles. The summed E-state index contributed by atoms with van der Waals surface area (Å²) in [4.78, 5) is 17.6. The van der Waals surface area contributed by atoms with E-state index in [1.807, 2.05) is 58.3 Å². The van der Waals surface area contributed by atoms with Crippen molar-refractivity contribution in [2.24, 2.45) is 0 Å². The van der Waals surface area contributed by atoms with Gasteiger partial charge in [-0.3, -0.25) is 9.80 Å². The minimum atomic E-state index is -0.0218.